The molecule has 106 valence electrons. The molecule has 1 unspecified atom stereocenters. The van der Waals surface area contributed by atoms with Crippen LogP contribution in [-0.4, -0.2) is 17.8 Å². The molecule has 0 aromatic heterocycles. The SMILES string of the molecule is CCC(Cl)CNC(=O)c1c(F)c(F)c(F)c(F)c1F. The summed E-state index contributed by atoms with van der Waals surface area (Å²) >= 11 is 5.65. The number of hydrogen-bond acceptors (Lipinski definition) is 1. The Labute approximate surface area is 110 Å². The minimum absolute atomic E-state index is 0.156. The Morgan fingerprint density at radius 2 is 1.47 bits per heavy atom. The van der Waals surface area contributed by atoms with E-state index in [1.54, 1.807) is 6.92 Å². The predicted molar refractivity (Wildman–Crippen MR) is 58.5 cm³/mol. The molecule has 1 N–H and O–H groups in total. The van der Waals surface area contributed by atoms with E-state index in [1.807, 2.05) is 5.32 Å². The average Bonchev–Trinajstić information content (AvgIpc) is 2.40. The molecule has 0 radical (unpaired) electrons. The lowest BCUT2D eigenvalue weighted by atomic mass is 10.1. The maximum atomic E-state index is 13.2. The first kappa shape index (κ1) is 15.7. The highest BCUT2D eigenvalue weighted by molar-refractivity contribution is 6.20. The van der Waals surface area contributed by atoms with Crippen LogP contribution < -0.4 is 5.32 Å². The van der Waals surface area contributed by atoms with Crippen molar-refractivity contribution >= 4 is 17.5 Å². The molecular formula is C11H9ClF5NO. The van der Waals surface area contributed by atoms with Gasteiger partial charge in [0.1, 0.15) is 5.56 Å². The van der Waals surface area contributed by atoms with Crippen LogP contribution in [0.4, 0.5) is 22.0 Å². The Morgan fingerprint density at radius 1 is 1.05 bits per heavy atom. The van der Waals surface area contributed by atoms with Gasteiger partial charge in [-0.25, -0.2) is 22.0 Å². The lowest BCUT2D eigenvalue weighted by Crippen LogP contribution is -2.31. The molecule has 1 rings (SSSR count). The van der Waals surface area contributed by atoms with Gasteiger partial charge in [0, 0.05) is 6.54 Å². The lowest BCUT2D eigenvalue weighted by molar-refractivity contribution is 0.0941. The summed E-state index contributed by atoms with van der Waals surface area (Å²) in [5.74, 6) is -12.4. The summed E-state index contributed by atoms with van der Waals surface area (Å²) in [6, 6.07) is 0. The number of carbonyl (C=O) groups excluding carboxylic acids is 1. The Hall–Kier alpha value is -1.37. The van der Waals surface area contributed by atoms with Crippen LogP contribution in [0.3, 0.4) is 0 Å². The van der Waals surface area contributed by atoms with Crippen molar-refractivity contribution in [3.8, 4) is 0 Å². The zero-order valence-electron chi connectivity index (χ0n) is 9.67. The van der Waals surface area contributed by atoms with Gasteiger partial charge in [0.25, 0.3) is 5.91 Å². The minimum Gasteiger partial charge on any atom is -0.350 e. The first-order chi connectivity index (χ1) is 8.81. The van der Waals surface area contributed by atoms with Crippen molar-refractivity contribution in [3.63, 3.8) is 0 Å². The third-order valence-corrected chi connectivity index (χ3v) is 2.83. The quantitative estimate of drug-likeness (QED) is 0.394. The molecule has 19 heavy (non-hydrogen) atoms. The molecule has 8 heteroatoms. The molecule has 0 aliphatic rings. The van der Waals surface area contributed by atoms with Crippen LogP contribution in [0.2, 0.25) is 0 Å². The second kappa shape index (κ2) is 6.18. The highest BCUT2D eigenvalue weighted by Gasteiger charge is 2.29. The molecule has 0 saturated carbocycles. The molecule has 0 aliphatic carbocycles. The van der Waals surface area contributed by atoms with Crippen LogP contribution in [-0.2, 0) is 0 Å². The summed E-state index contributed by atoms with van der Waals surface area (Å²) in [6.07, 6.45) is 0.457. The molecule has 1 aromatic rings. The number of alkyl halides is 1. The van der Waals surface area contributed by atoms with Gasteiger partial charge >= 0.3 is 0 Å². The summed E-state index contributed by atoms with van der Waals surface area (Å²) < 4.78 is 65.0. The number of carbonyl (C=O) groups is 1. The Balaban J connectivity index is 3.10. The van der Waals surface area contributed by atoms with Crippen LogP contribution in [0.15, 0.2) is 0 Å². The van der Waals surface area contributed by atoms with Crippen LogP contribution in [0.5, 0.6) is 0 Å². The summed E-state index contributed by atoms with van der Waals surface area (Å²) in [7, 11) is 0. The van der Waals surface area contributed by atoms with Crippen molar-refractivity contribution in [1.82, 2.24) is 5.32 Å². The second-order valence-corrected chi connectivity index (χ2v) is 4.28. The van der Waals surface area contributed by atoms with Crippen molar-refractivity contribution < 1.29 is 26.7 Å². The topological polar surface area (TPSA) is 29.1 Å². The molecule has 2 nitrogen and oxygen atoms in total. The Morgan fingerprint density at radius 3 is 1.89 bits per heavy atom. The molecule has 0 saturated heterocycles. The summed E-state index contributed by atoms with van der Waals surface area (Å²) in [5, 5.41) is 1.49. The number of amides is 1. The summed E-state index contributed by atoms with van der Waals surface area (Å²) in [5.41, 5.74) is -1.52. The zero-order valence-corrected chi connectivity index (χ0v) is 10.4. The Bertz CT molecular complexity index is 479. The van der Waals surface area contributed by atoms with Gasteiger partial charge in [0.2, 0.25) is 5.82 Å². The van der Waals surface area contributed by atoms with E-state index in [2.05, 4.69) is 0 Å². The average molecular weight is 302 g/mol. The number of hydrogen-bond donors (Lipinski definition) is 1. The molecule has 0 aliphatic heterocycles. The van der Waals surface area contributed by atoms with Crippen LogP contribution in [0.25, 0.3) is 0 Å². The number of halogens is 6. The fraction of sp³-hybridized carbons (Fsp3) is 0.364. The largest absolute Gasteiger partial charge is 0.350 e. The molecule has 0 spiro atoms. The van der Waals surface area contributed by atoms with Gasteiger partial charge < -0.3 is 5.32 Å². The lowest BCUT2D eigenvalue weighted by Gasteiger charge is -2.11. The van der Waals surface area contributed by atoms with E-state index in [-0.39, 0.29) is 6.54 Å². The molecule has 0 heterocycles. The third kappa shape index (κ3) is 3.15. The zero-order chi connectivity index (χ0) is 14.7. The predicted octanol–water partition coefficient (Wildman–Crippen LogP) is 3.13. The maximum absolute atomic E-state index is 13.2. The fourth-order valence-electron chi connectivity index (χ4n) is 1.24. The fourth-order valence-corrected chi connectivity index (χ4v) is 1.32. The molecule has 0 bridgehead atoms. The molecular weight excluding hydrogens is 293 g/mol. The monoisotopic (exact) mass is 301 g/mol. The third-order valence-electron chi connectivity index (χ3n) is 2.36. The molecule has 1 amide bonds. The number of benzene rings is 1. The van der Waals surface area contributed by atoms with Crippen molar-refractivity contribution in [3.05, 3.63) is 34.6 Å². The van der Waals surface area contributed by atoms with E-state index < -0.39 is 45.9 Å². The van der Waals surface area contributed by atoms with Crippen molar-refractivity contribution in [2.75, 3.05) is 6.54 Å². The first-order valence-corrected chi connectivity index (χ1v) is 5.68. The highest BCUT2D eigenvalue weighted by atomic mass is 35.5. The van der Waals surface area contributed by atoms with Gasteiger partial charge in [0.15, 0.2) is 23.3 Å². The summed E-state index contributed by atoms with van der Waals surface area (Å²) in [6.45, 7) is 1.54. The van der Waals surface area contributed by atoms with Gasteiger partial charge in [-0.3, -0.25) is 4.79 Å². The van der Waals surface area contributed by atoms with E-state index in [0.29, 0.717) is 6.42 Å². The van der Waals surface area contributed by atoms with Gasteiger partial charge in [-0.1, -0.05) is 6.92 Å². The number of nitrogens with one attached hydrogen (secondary N) is 1. The smallest absolute Gasteiger partial charge is 0.257 e. The molecule has 1 aromatic carbocycles. The van der Waals surface area contributed by atoms with Crippen molar-refractivity contribution in [2.45, 2.75) is 18.7 Å². The molecule has 0 fully saturated rings. The number of rotatable bonds is 4. The van der Waals surface area contributed by atoms with E-state index in [0.717, 1.165) is 0 Å². The van der Waals surface area contributed by atoms with Crippen LogP contribution in [0, 0.1) is 29.1 Å². The van der Waals surface area contributed by atoms with E-state index in [1.165, 1.54) is 0 Å². The van der Waals surface area contributed by atoms with Crippen molar-refractivity contribution in [1.29, 1.82) is 0 Å². The standard InChI is InChI=1S/C11H9ClF5NO/c1-2-4(12)3-18-11(19)5-6(13)8(15)10(17)9(16)7(5)14/h4H,2-3H2,1H3,(H,18,19). The van der Waals surface area contributed by atoms with Crippen LogP contribution >= 0.6 is 11.6 Å². The van der Waals surface area contributed by atoms with Crippen molar-refractivity contribution in [2.24, 2.45) is 0 Å². The minimum atomic E-state index is -2.31. The van der Waals surface area contributed by atoms with Gasteiger partial charge in [-0.15, -0.1) is 11.6 Å². The maximum Gasteiger partial charge on any atom is 0.257 e. The second-order valence-electron chi connectivity index (χ2n) is 3.66. The van der Waals surface area contributed by atoms with E-state index in [9.17, 15) is 26.7 Å². The Kier molecular flexibility index (Phi) is 5.11. The van der Waals surface area contributed by atoms with Crippen LogP contribution in [0.1, 0.15) is 23.7 Å². The van der Waals surface area contributed by atoms with Gasteiger partial charge in [-0.05, 0) is 6.42 Å². The normalized spacial score (nSPS) is 12.4. The highest BCUT2D eigenvalue weighted by Crippen LogP contribution is 2.22. The van der Waals surface area contributed by atoms with Gasteiger partial charge in [0.05, 0.1) is 5.38 Å². The summed E-state index contributed by atoms with van der Waals surface area (Å²) in [4.78, 5) is 11.4. The van der Waals surface area contributed by atoms with Gasteiger partial charge in [-0.2, -0.15) is 0 Å². The first-order valence-electron chi connectivity index (χ1n) is 5.24. The van der Waals surface area contributed by atoms with E-state index >= 15 is 0 Å². The van der Waals surface area contributed by atoms with E-state index in [4.69, 9.17) is 11.6 Å². The molecule has 1 atom stereocenters.